The average molecular weight is 364 g/mol. The summed E-state index contributed by atoms with van der Waals surface area (Å²) in [5.41, 5.74) is 2.87. The van der Waals surface area contributed by atoms with Gasteiger partial charge in [-0.05, 0) is 24.7 Å². The second-order valence-corrected chi connectivity index (χ2v) is 8.37. The van der Waals surface area contributed by atoms with Crippen LogP contribution in [-0.4, -0.2) is 40.9 Å². The van der Waals surface area contributed by atoms with Crippen molar-refractivity contribution >= 4 is 26.7 Å². The summed E-state index contributed by atoms with van der Waals surface area (Å²) >= 11 is -1.31. The Bertz CT molecular complexity index is 983. The van der Waals surface area contributed by atoms with Gasteiger partial charge in [-0.3, -0.25) is 0 Å². The lowest BCUT2D eigenvalue weighted by atomic mass is 10.1. The summed E-state index contributed by atoms with van der Waals surface area (Å²) < 4.78 is 39.4. The maximum Gasteiger partial charge on any atom is 0.359 e. The lowest BCUT2D eigenvalue weighted by Gasteiger charge is -2.10. The van der Waals surface area contributed by atoms with Gasteiger partial charge in [-0.1, -0.05) is 29.4 Å². The fraction of sp³-hybridized carbons (Fsp3) is 0.200. The van der Waals surface area contributed by atoms with Gasteiger partial charge >= 0.3 is 5.16 Å². The van der Waals surface area contributed by atoms with Crippen LogP contribution < -0.4 is 4.72 Å². The predicted octanol–water partition coefficient (Wildman–Crippen LogP) is 1.18. The molecule has 0 aliphatic rings. The normalized spacial score (nSPS) is 13.3. The molecule has 3 rings (SSSR count). The third kappa shape index (κ3) is 3.29. The lowest BCUT2D eigenvalue weighted by molar-refractivity contribution is 0.586. The van der Waals surface area contributed by atoms with Gasteiger partial charge < -0.3 is 4.55 Å². The van der Waals surface area contributed by atoms with Gasteiger partial charge in [-0.2, -0.15) is 4.98 Å². The molecule has 2 aromatic heterocycles. The molecule has 126 valence electrons. The minimum Gasteiger partial charge on any atom is -0.609 e. The van der Waals surface area contributed by atoms with E-state index in [-0.39, 0.29) is 10.9 Å². The van der Waals surface area contributed by atoms with Crippen LogP contribution in [0, 0.1) is 0 Å². The van der Waals surface area contributed by atoms with Gasteiger partial charge in [0.2, 0.25) is 10.0 Å². The number of hydrogen-bond donors (Lipinski definition) is 1. The molecule has 0 radical (unpaired) electrons. The zero-order valence-corrected chi connectivity index (χ0v) is 14.8. The molecule has 0 saturated heterocycles. The second-order valence-electron chi connectivity index (χ2n) is 5.17. The number of sulfonamides is 1. The van der Waals surface area contributed by atoms with Crippen LogP contribution in [0.15, 0.2) is 47.8 Å². The van der Waals surface area contributed by atoms with E-state index in [1.54, 1.807) is 22.8 Å². The van der Waals surface area contributed by atoms with Gasteiger partial charge in [0.15, 0.2) is 0 Å². The fourth-order valence-corrected chi connectivity index (χ4v) is 3.60. The van der Waals surface area contributed by atoms with E-state index in [1.165, 1.54) is 13.3 Å². The van der Waals surface area contributed by atoms with Crippen LogP contribution in [-0.2, 0) is 27.0 Å². The van der Waals surface area contributed by atoms with Crippen LogP contribution in [0.2, 0.25) is 0 Å². The maximum absolute atomic E-state index is 11.9. The number of fused-ring (bicyclic) bond motifs is 1. The van der Waals surface area contributed by atoms with Crippen LogP contribution in [0.3, 0.4) is 0 Å². The van der Waals surface area contributed by atoms with Gasteiger partial charge in [-0.15, -0.1) is 0 Å². The molecule has 0 spiro atoms. The molecule has 2 heterocycles. The van der Waals surface area contributed by atoms with Crippen LogP contribution in [0.1, 0.15) is 5.56 Å². The summed E-state index contributed by atoms with van der Waals surface area (Å²) in [5, 5.41) is 4.53. The third-order valence-corrected chi connectivity index (χ3v) is 5.60. The zero-order chi connectivity index (χ0) is 17.3. The highest BCUT2D eigenvalue weighted by Crippen LogP contribution is 2.26. The van der Waals surface area contributed by atoms with Crippen molar-refractivity contribution in [1.29, 1.82) is 0 Å². The fourth-order valence-electron chi connectivity index (χ4n) is 2.40. The molecule has 1 aromatic carbocycles. The van der Waals surface area contributed by atoms with Gasteiger partial charge in [-0.25, -0.2) is 17.7 Å². The lowest BCUT2D eigenvalue weighted by Crippen LogP contribution is -2.20. The Hall–Kier alpha value is -1.94. The van der Waals surface area contributed by atoms with Crippen LogP contribution in [0.5, 0.6) is 0 Å². The van der Waals surface area contributed by atoms with Crippen LogP contribution >= 0.6 is 0 Å². The van der Waals surface area contributed by atoms with Crippen LogP contribution in [0.25, 0.3) is 16.8 Å². The van der Waals surface area contributed by atoms with E-state index in [4.69, 9.17) is 0 Å². The molecule has 1 unspecified atom stereocenters. The molecule has 0 aliphatic carbocycles. The first-order valence-corrected chi connectivity index (χ1v) is 10.3. The summed E-state index contributed by atoms with van der Waals surface area (Å²) in [4.78, 5) is 4.07. The number of hydrogen-bond acceptors (Lipinski definition) is 5. The quantitative estimate of drug-likeness (QED) is 0.686. The van der Waals surface area contributed by atoms with E-state index >= 15 is 0 Å². The number of aromatic nitrogens is 3. The Morgan fingerprint density at radius 1 is 1.25 bits per heavy atom. The molecule has 0 bridgehead atoms. The van der Waals surface area contributed by atoms with Crippen molar-refractivity contribution in [3.8, 4) is 11.3 Å². The largest absolute Gasteiger partial charge is 0.609 e. The average Bonchev–Trinajstić information content (AvgIpc) is 2.98. The predicted molar refractivity (Wildman–Crippen MR) is 92.4 cm³/mol. The molecular formula is C15H16N4O3S2. The number of nitrogens with one attached hydrogen (secondary N) is 1. The molecule has 3 aromatic rings. The highest BCUT2D eigenvalue weighted by molar-refractivity contribution is 7.90. The van der Waals surface area contributed by atoms with Crippen molar-refractivity contribution in [2.45, 2.75) is 10.9 Å². The van der Waals surface area contributed by atoms with Gasteiger partial charge in [0.1, 0.15) is 6.26 Å². The third-order valence-electron chi connectivity index (χ3n) is 3.58. The smallest absolute Gasteiger partial charge is 0.359 e. The van der Waals surface area contributed by atoms with Gasteiger partial charge in [0.05, 0.1) is 23.2 Å². The second kappa shape index (κ2) is 6.52. The summed E-state index contributed by atoms with van der Waals surface area (Å²) in [6.07, 6.45) is 3.11. The Balaban J connectivity index is 2.16. The Morgan fingerprint density at radius 2 is 2.00 bits per heavy atom. The van der Waals surface area contributed by atoms with E-state index < -0.39 is 21.2 Å². The van der Waals surface area contributed by atoms with E-state index in [1.807, 2.05) is 24.3 Å². The van der Waals surface area contributed by atoms with Crippen molar-refractivity contribution < 1.29 is 13.0 Å². The van der Waals surface area contributed by atoms with Crippen molar-refractivity contribution in [2.75, 3.05) is 13.3 Å². The molecule has 1 atom stereocenters. The summed E-state index contributed by atoms with van der Waals surface area (Å²) in [7, 11) is -2.01. The SMILES string of the molecule is CNS(=O)(=O)Cc1ccccc1-c1ccc2cnc([S+](C)[O-])nn12. The minimum atomic E-state index is -3.40. The summed E-state index contributed by atoms with van der Waals surface area (Å²) in [5.74, 6) is -0.134. The molecule has 0 fully saturated rings. The topological polar surface area (TPSA) is 99.4 Å². The minimum absolute atomic E-state index is 0.134. The molecule has 0 saturated carbocycles. The van der Waals surface area contributed by atoms with Crippen molar-refractivity contribution in [3.63, 3.8) is 0 Å². The summed E-state index contributed by atoms with van der Waals surface area (Å²) in [6, 6.07) is 10.9. The Labute approximate surface area is 143 Å². The van der Waals surface area contributed by atoms with Gasteiger partial charge in [0, 0.05) is 16.7 Å². The molecule has 9 heteroatoms. The maximum atomic E-state index is 11.9. The van der Waals surface area contributed by atoms with E-state index in [9.17, 15) is 13.0 Å². The first-order chi connectivity index (χ1) is 11.4. The molecule has 1 N–H and O–H groups in total. The number of rotatable bonds is 5. The van der Waals surface area contributed by atoms with Gasteiger partial charge in [0.25, 0.3) is 0 Å². The monoisotopic (exact) mass is 364 g/mol. The zero-order valence-electron chi connectivity index (χ0n) is 13.1. The first kappa shape index (κ1) is 16.9. The number of benzene rings is 1. The standard InChI is InChI=1S/C15H16N4O3S2/c1-16-24(21,22)10-11-5-3-4-6-13(11)14-8-7-12-9-17-15(23(2)20)18-19(12)14/h3-9,16H,10H2,1-2H3. The Kier molecular flexibility index (Phi) is 4.59. The highest BCUT2D eigenvalue weighted by Gasteiger charge is 2.17. The molecule has 7 nitrogen and oxygen atoms in total. The van der Waals surface area contributed by atoms with E-state index in [0.717, 1.165) is 16.8 Å². The Morgan fingerprint density at radius 3 is 2.71 bits per heavy atom. The molecule has 0 aliphatic heterocycles. The van der Waals surface area contributed by atoms with Crippen molar-refractivity contribution in [2.24, 2.45) is 0 Å². The molecular weight excluding hydrogens is 348 g/mol. The van der Waals surface area contributed by atoms with E-state index in [2.05, 4.69) is 14.8 Å². The first-order valence-electron chi connectivity index (χ1n) is 7.09. The molecule has 24 heavy (non-hydrogen) atoms. The van der Waals surface area contributed by atoms with Crippen LogP contribution in [0.4, 0.5) is 0 Å². The van der Waals surface area contributed by atoms with Crippen molar-refractivity contribution in [1.82, 2.24) is 19.3 Å². The summed E-state index contributed by atoms with van der Waals surface area (Å²) in [6.45, 7) is 0. The molecule has 0 amide bonds. The van der Waals surface area contributed by atoms with E-state index in [0.29, 0.717) is 5.56 Å². The highest BCUT2D eigenvalue weighted by atomic mass is 32.2. The van der Waals surface area contributed by atoms with Crippen molar-refractivity contribution in [3.05, 3.63) is 48.2 Å². The number of nitrogens with zero attached hydrogens (tertiary/aromatic N) is 3.